The summed E-state index contributed by atoms with van der Waals surface area (Å²) in [5, 5.41) is 4.82. The van der Waals surface area contributed by atoms with Gasteiger partial charge >= 0.3 is 0 Å². The summed E-state index contributed by atoms with van der Waals surface area (Å²) in [5.41, 5.74) is 2.60. The number of aliphatic imine (C=N–C) groups is 1. The maximum Gasteiger partial charge on any atom is 0.193 e. The fourth-order valence-corrected chi connectivity index (χ4v) is 4.64. The van der Waals surface area contributed by atoms with Gasteiger partial charge in [0, 0.05) is 49.9 Å². The largest absolute Gasteiger partial charge is 0.376 e. The first-order chi connectivity index (χ1) is 15.3. The van der Waals surface area contributed by atoms with Gasteiger partial charge in [0.05, 0.1) is 18.8 Å². The second kappa shape index (κ2) is 11.5. The highest BCUT2D eigenvalue weighted by atomic mass is 16.5. The summed E-state index contributed by atoms with van der Waals surface area (Å²) in [4.78, 5) is 10.7. The van der Waals surface area contributed by atoms with Crippen molar-refractivity contribution < 1.29 is 9.47 Å². The molecule has 2 N–H and O–H groups in total. The molecule has 2 aliphatic heterocycles. The number of benzene rings is 1. The zero-order valence-electron chi connectivity index (χ0n) is 18.9. The van der Waals surface area contributed by atoms with E-state index >= 15 is 0 Å². The van der Waals surface area contributed by atoms with Gasteiger partial charge < -0.3 is 24.7 Å². The fraction of sp³-hybridized carbons (Fsp3) is 0.640. The lowest BCUT2D eigenvalue weighted by Gasteiger charge is -2.35. The number of para-hydroxylation sites is 1. The number of hydrogen-bond donors (Lipinski definition) is 2. The van der Waals surface area contributed by atoms with Gasteiger partial charge in [-0.15, -0.1) is 0 Å². The molecule has 2 aromatic rings. The van der Waals surface area contributed by atoms with Gasteiger partial charge in [-0.3, -0.25) is 4.99 Å². The molecule has 0 spiro atoms. The highest BCUT2D eigenvalue weighted by molar-refractivity contribution is 5.83. The molecule has 31 heavy (non-hydrogen) atoms. The van der Waals surface area contributed by atoms with Crippen molar-refractivity contribution in [2.45, 2.75) is 64.1 Å². The molecule has 0 amide bonds. The Bertz CT molecular complexity index is 820. The van der Waals surface area contributed by atoms with E-state index in [4.69, 9.17) is 14.5 Å². The third-order valence-corrected chi connectivity index (χ3v) is 6.41. The van der Waals surface area contributed by atoms with Crippen LogP contribution in [-0.2, 0) is 15.9 Å². The van der Waals surface area contributed by atoms with Crippen molar-refractivity contribution in [2.75, 3.05) is 39.4 Å². The molecule has 2 aliphatic rings. The molecule has 4 rings (SSSR count). The van der Waals surface area contributed by atoms with Crippen LogP contribution in [0.3, 0.4) is 0 Å². The van der Waals surface area contributed by atoms with Crippen LogP contribution in [0.15, 0.2) is 35.5 Å². The van der Waals surface area contributed by atoms with Crippen molar-refractivity contribution in [2.24, 2.45) is 4.99 Å². The maximum atomic E-state index is 6.17. The van der Waals surface area contributed by atoms with E-state index in [0.717, 1.165) is 77.5 Å². The highest BCUT2D eigenvalue weighted by Gasteiger charge is 2.23. The van der Waals surface area contributed by atoms with Gasteiger partial charge in [-0.2, -0.15) is 0 Å². The van der Waals surface area contributed by atoms with E-state index in [1.165, 1.54) is 29.3 Å². The Hall–Kier alpha value is -2.05. The van der Waals surface area contributed by atoms with Crippen molar-refractivity contribution in [3.8, 4) is 0 Å². The third-order valence-electron chi connectivity index (χ3n) is 6.41. The van der Waals surface area contributed by atoms with E-state index in [1.54, 1.807) is 0 Å². The lowest BCUT2D eigenvalue weighted by atomic mass is 10.1. The topological polar surface area (TPSA) is 61.9 Å². The molecule has 6 heteroatoms. The van der Waals surface area contributed by atoms with Crippen LogP contribution >= 0.6 is 0 Å². The average molecular weight is 427 g/mol. The van der Waals surface area contributed by atoms with Crippen molar-refractivity contribution in [3.05, 3.63) is 36.0 Å². The minimum atomic E-state index is 0.308. The van der Waals surface area contributed by atoms with Crippen LogP contribution in [0.1, 0.15) is 51.0 Å². The van der Waals surface area contributed by atoms with E-state index in [1.807, 2.05) is 0 Å². The van der Waals surface area contributed by atoms with Crippen molar-refractivity contribution >= 4 is 16.9 Å². The summed E-state index contributed by atoms with van der Waals surface area (Å²) >= 11 is 0. The average Bonchev–Trinajstić information content (AvgIpc) is 3.24. The number of aromatic amines is 1. The Morgan fingerprint density at radius 1 is 1.23 bits per heavy atom. The minimum absolute atomic E-state index is 0.308. The molecule has 0 radical (unpaired) electrons. The Morgan fingerprint density at radius 2 is 2.10 bits per heavy atom. The molecule has 0 saturated carbocycles. The summed E-state index contributed by atoms with van der Waals surface area (Å²) in [7, 11) is 0. The van der Waals surface area contributed by atoms with Crippen LogP contribution < -0.4 is 5.32 Å². The van der Waals surface area contributed by atoms with Gasteiger partial charge in [0.2, 0.25) is 0 Å². The van der Waals surface area contributed by atoms with Crippen molar-refractivity contribution in [1.82, 2.24) is 15.2 Å². The first kappa shape index (κ1) is 22.2. The second-order valence-electron chi connectivity index (χ2n) is 8.71. The standard InChI is InChI=1S/C25H38N4O2/c1-2-26-25(27-14-7-8-20-18-28-24-11-4-3-10-23(20)24)29-15-12-21(13-16-29)31-19-22-9-5-6-17-30-22/h3-4,10-11,18,21-22,28H,2,5-9,12-17,19H2,1H3,(H,26,27). The molecule has 0 aliphatic carbocycles. The summed E-state index contributed by atoms with van der Waals surface area (Å²) in [6, 6.07) is 8.51. The molecule has 1 atom stereocenters. The molecule has 2 saturated heterocycles. The molecule has 1 aromatic carbocycles. The normalized spacial score (nSPS) is 21.0. The number of likely N-dealkylation sites (tertiary alicyclic amines) is 1. The van der Waals surface area contributed by atoms with Crippen molar-refractivity contribution in [1.29, 1.82) is 0 Å². The third kappa shape index (κ3) is 6.23. The maximum absolute atomic E-state index is 6.17. The molecule has 6 nitrogen and oxygen atoms in total. The van der Waals surface area contributed by atoms with E-state index in [2.05, 4.69) is 52.6 Å². The number of piperidine rings is 1. The minimum Gasteiger partial charge on any atom is -0.376 e. The molecule has 1 unspecified atom stereocenters. The lowest BCUT2D eigenvalue weighted by molar-refractivity contribution is -0.0721. The number of nitrogens with zero attached hydrogens (tertiary/aromatic N) is 2. The lowest BCUT2D eigenvalue weighted by Crippen LogP contribution is -2.47. The Balaban J connectivity index is 1.21. The number of aromatic nitrogens is 1. The van der Waals surface area contributed by atoms with Gasteiger partial charge in [-0.05, 0) is 63.5 Å². The second-order valence-corrected chi connectivity index (χ2v) is 8.71. The highest BCUT2D eigenvalue weighted by Crippen LogP contribution is 2.20. The zero-order valence-corrected chi connectivity index (χ0v) is 18.9. The van der Waals surface area contributed by atoms with Gasteiger partial charge in [-0.25, -0.2) is 0 Å². The van der Waals surface area contributed by atoms with Gasteiger partial charge in [0.1, 0.15) is 0 Å². The number of H-pyrrole nitrogens is 1. The molecule has 3 heterocycles. The summed E-state index contributed by atoms with van der Waals surface area (Å²) < 4.78 is 12.0. The number of aryl methyl sites for hydroxylation is 1. The quantitative estimate of drug-likeness (QED) is 0.379. The van der Waals surface area contributed by atoms with E-state index in [0.29, 0.717) is 12.2 Å². The molecule has 1 aromatic heterocycles. The smallest absolute Gasteiger partial charge is 0.193 e. The number of fused-ring (bicyclic) bond motifs is 1. The fourth-order valence-electron chi connectivity index (χ4n) is 4.64. The van der Waals surface area contributed by atoms with Crippen LogP contribution in [-0.4, -0.2) is 67.4 Å². The zero-order chi connectivity index (χ0) is 21.3. The van der Waals surface area contributed by atoms with Gasteiger partial charge in [0.15, 0.2) is 5.96 Å². The molecule has 0 bridgehead atoms. The number of rotatable bonds is 8. The monoisotopic (exact) mass is 426 g/mol. The van der Waals surface area contributed by atoms with E-state index in [-0.39, 0.29) is 0 Å². The Kier molecular flexibility index (Phi) is 8.24. The molecular formula is C25H38N4O2. The van der Waals surface area contributed by atoms with Crippen LogP contribution in [0.4, 0.5) is 0 Å². The Morgan fingerprint density at radius 3 is 2.90 bits per heavy atom. The number of nitrogens with one attached hydrogen (secondary N) is 2. The molecule has 170 valence electrons. The van der Waals surface area contributed by atoms with Crippen LogP contribution in [0.2, 0.25) is 0 Å². The molecule has 2 fully saturated rings. The van der Waals surface area contributed by atoms with Gasteiger partial charge in [0.25, 0.3) is 0 Å². The van der Waals surface area contributed by atoms with E-state index < -0.39 is 0 Å². The van der Waals surface area contributed by atoms with Crippen LogP contribution in [0.25, 0.3) is 10.9 Å². The van der Waals surface area contributed by atoms with Crippen LogP contribution in [0, 0.1) is 0 Å². The Labute approximate surface area is 186 Å². The summed E-state index contributed by atoms with van der Waals surface area (Å²) in [6.45, 7) is 7.55. The first-order valence-electron chi connectivity index (χ1n) is 12.1. The van der Waals surface area contributed by atoms with E-state index in [9.17, 15) is 0 Å². The number of guanidine groups is 1. The molecular weight excluding hydrogens is 388 g/mol. The van der Waals surface area contributed by atoms with Gasteiger partial charge in [-0.1, -0.05) is 18.2 Å². The van der Waals surface area contributed by atoms with Crippen molar-refractivity contribution in [3.63, 3.8) is 0 Å². The first-order valence-corrected chi connectivity index (χ1v) is 12.1. The predicted molar refractivity (Wildman–Crippen MR) is 127 cm³/mol. The number of ether oxygens (including phenoxy) is 2. The predicted octanol–water partition coefficient (Wildman–Crippen LogP) is 4.12. The summed E-state index contributed by atoms with van der Waals surface area (Å²) in [5.74, 6) is 1.05. The summed E-state index contributed by atoms with van der Waals surface area (Å²) in [6.07, 6.45) is 10.6. The SMILES string of the molecule is CCNC(=NCCCc1c[nH]c2ccccc12)N1CCC(OCC2CCCCO2)CC1. The number of hydrogen-bond acceptors (Lipinski definition) is 3. The van der Waals surface area contributed by atoms with Crippen LogP contribution in [0.5, 0.6) is 0 Å².